The lowest BCUT2D eigenvalue weighted by Gasteiger charge is -2.13. The third kappa shape index (κ3) is 5.50. The van der Waals surface area contributed by atoms with Gasteiger partial charge in [0.1, 0.15) is 5.82 Å². The molecule has 29 heavy (non-hydrogen) atoms. The van der Waals surface area contributed by atoms with E-state index in [0.717, 1.165) is 0 Å². The molecule has 1 fully saturated rings. The Hall–Kier alpha value is -3.02. The van der Waals surface area contributed by atoms with Gasteiger partial charge in [-0.1, -0.05) is 6.07 Å². The van der Waals surface area contributed by atoms with E-state index < -0.39 is 16.1 Å². The minimum atomic E-state index is -3.78. The summed E-state index contributed by atoms with van der Waals surface area (Å²) in [4.78, 5) is 27.7. The van der Waals surface area contributed by atoms with Gasteiger partial charge in [0.25, 0.3) is 10.0 Å². The van der Waals surface area contributed by atoms with E-state index in [2.05, 4.69) is 25.7 Å². The molecular weight excluding hydrogens is 396 g/mol. The van der Waals surface area contributed by atoms with Crippen molar-refractivity contribution in [2.45, 2.75) is 23.4 Å². The van der Waals surface area contributed by atoms with Gasteiger partial charge in [-0.15, -0.1) is 0 Å². The number of aromatic nitrogens is 1. The van der Waals surface area contributed by atoms with Crippen molar-refractivity contribution in [3.05, 3.63) is 48.7 Å². The maximum absolute atomic E-state index is 12.4. The standard InChI is InChI=1S/C18H22N6O4S/c19-10-17(25)22-13-9-15(21-11-13)18(26)23-12-4-6-14(7-5-12)29(27,28)24-16-3-1-2-8-20-16/h1-8,13,15,21H,9-11,19H2,(H,20,24)(H,22,25)(H,23,26)/t13-,15+/m1/s1. The van der Waals surface area contributed by atoms with Crippen LogP contribution >= 0.6 is 0 Å². The van der Waals surface area contributed by atoms with Crippen molar-refractivity contribution in [3.8, 4) is 0 Å². The number of carbonyl (C=O) groups is 2. The van der Waals surface area contributed by atoms with Gasteiger partial charge in [0.2, 0.25) is 11.8 Å². The Morgan fingerprint density at radius 1 is 1.17 bits per heavy atom. The van der Waals surface area contributed by atoms with Gasteiger partial charge in [0.05, 0.1) is 17.5 Å². The second-order valence-corrected chi connectivity index (χ2v) is 8.18. The molecular formula is C18H22N6O4S. The highest BCUT2D eigenvalue weighted by molar-refractivity contribution is 7.92. The molecule has 0 spiro atoms. The number of hydrogen-bond donors (Lipinski definition) is 5. The van der Waals surface area contributed by atoms with Crippen LogP contribution in [0.5, 0.6) is 0 Å². The van der Waals surface area contributed by atoms with Crippen LogP contribution in [0.1, 0.15) is 6.42 Å². The van der Waals surface area contributed by atoms with Crippen LogP contribution in [0.15, 0.2) is 53.6 Å². The van der Waals surface area contributed by atoms with Gasteiger partial charge >= 0.3 is 0 Å². The molecule has 1 saturated heterocycles. The Bertz CT molecular complexity index is 966. The smallest absolute Gasteiger partial charge is 0.263 e. The maximum atomic E-state index is 12.4. The minimum absolute atomic E-state index is 0.0460. The van der Waals surface area contributed by atoms with Crippen LogP contribution < -0.4 is 26.4 Å². The Morgan fingerprint density at radius 2 is 1.93 bits per heavy atom. The summed E-state index contributed by atoms with van der Waals surface area (Å²) in [5.41, 5.74) is 5.73. The average Bonchev–Trinajstić information content (AvgIpc) is 3.17. The van der Waals surface area contributed by atoms with Crippen molar-refractivity contribution < 1.29 is 18.0 Å². The number of amides is 2. The van der Waals surface area contributed by atoms with Crippen molar-refractivity contribution in [2.24, 2.45) is 5.73 Å². The zero-order valence-corrected chi connectivity index (χ0v) is 16.3. The second kappa shape index (κ2) is 8.99. The summed E-state index contributed by atoms with van der Waals surface area (Å²) in [5, 5.41) is 8.51. The maximum Gasteiger partial charge on any atom is 0.263 e. The first-order chi connectivity index (χ1) is 13.9. The molecule has 1 aliphatic heterocycles. The predicted molar refractivity (Wildman–Crippen MR) is 108 cm³/mol. The van der Waals surface area contributed by atoms with Crippen LogP contribution in [0.3, 0.4) is 0 Å². The van der Waals surface area contributed by atoms with E-state index in [-0.39, 0.29) is 35.1 Å². The van der Waals surface area contributed by atoms with E-state index in [0.29, 0.717) is 18.7 Å². The van der Waals surface area contributed by atoms with E-state index in [1.165, 1.54) is 30.5 Å². The molecule has 1 aliphatic rings. The highest BCUT2D eigenvalue weighted by Crippen LogP contribution is 2.18. The predicted octanol–water partition coefficient (Wildman–Crippen LogP) is -0.374. The van der Waals surface area contributed by atoms with E-state index in [4.69, 9.17) is 5.73 Å². The fourth-order valence-electron chi connectivity index (χ4n) is 2.90. The normalized spacial score (nSPS) is 18.8. The third-order valence-corrected chi connectivity index (χ3v) is 5.70. The molecule has 2 amide bonds. The Balaban J connectivity index is 1.58. The number of hydrogen-bond acceptors (Lipinski definition) is 7. The van der Waals surface area contributed by atoms with Crippen molar-refractivity contribution in [3.63, 3.8) is 0 Å². The fraction of sp³-hybridized carbons (Fsp3) is 0.278. The Morgan fingerprint density at radius 3 is 2.59 bits per heavy atom. The number of nitrogens with zero attached hydrogens (tertiary/aromatic N) is 1. The largest absolute Gasteiger partial charge is 0.351 e. The minimum Gasteiger partial charge on any atom is -0.351 e. The molecule has 2 heterocycles. The Labute approximate surface area is 168 Å². The molecule has 0 radical (unpaired) electrons. The van der Waals surface area contributed by atoms with E-state index in [1.807, 2.05) is 0 Å². The Kier molecular flexibility index (Phi) is 6.42. The van der Waals surface area contributed by atoms with Gasteiger partial charge in [0, 0.05) is 24.5 Å². The third-order valence-electron chi connectivity index (χ3n) is 4.33. The molecule has 10 nitrogen and oxygen atoms in total. The molecule has 3 rings (SSSR count). The molecule has 0 bridgehead atoms. The SMILES string of the molecule is NCC(=O)N[C@H]1CN[C@H](C(=O)Nc2ccc(S(=O)(=O)Nc3ccccn3)cc2)C1. The van der Waals surface area contributed by atoms with E-state index in [1.54, 1.807) is 18.2 Å². The lowest BCUT2D eigenvalue weighted by Crippen LogP contribution is -2.39. The van der Waals surface area contributed by atoms with Gasteiger partial charge in [-0.25, -0.2) is 13.4 Å². The average molecular weight is 418 g/mol. The number of rotatable bonds is 7. The number of pyridine rings is 1. The van der Waals surface area contributed by atoms with Crippen molar-refractivity contribution in [1.82, 2.24) is 15.6 Å². The molecule has 2 aromatic rings. The topological polar surface area (TPSA) is 155 Å². The first-order valence-corrected chi connectivity index (χ1v) is 10.4. The fourth-order valence-corrected chi connectivity index (χ4v) is 3.91. The zero-order chi connectivity index (χ0) is 20.9. The summed E-state index contributed by atoms with van der Waals surface area (Å²) in [6, 6.07) is 10.1. The van der Waals surface area contributed by atoms with Gasteiger partial charge in [-0.3, -0.25) is 14.3 Å². The quantitative estimate of drug-likeness (QED) is 0.411. The molecule has 11 heteroatoms. The summed E-state index contributed by atoms with van der Waals surface area (Å²) in [7, 11) is -3.78. The molecule has 1 aromatic carbocycles. The number of sulfonamides is 1. The zero-order valence-electron chi connectivity index (χ0n) is 15.5. The van der Waals surface area contributed by atoms with Gasteiger partial charge in [0.15, 0.2) is 0 Å². The lowest BCUT2D eigenvalue weighted by atomic mass is 10.1. The van der Waals surface area contributed by atoms with Crippen LogP contribution in [0.4, 0.5) is 11.5 Å². The van der Waals surface area contributed by atoms with Crippen LogP contribution in [-0.4, -0.2) is 50.4 Å². The van der Waals surface area contributed by atoms with Crippen LogP contribution in [0.25, 0.3) is 0 Å². The molecule has 6 N–H and O–H groups in total. The van der Waals surface area contributed by atoms with Crippen molar-refractivity contribution >= 4 is 33.3 Å². The highest BCUT2D eigenvalue weighted by atomic mass is 32.2. The molecule has 0 saturated carbocycles. The summed E-state index contributed by atoms with van der Waals surface area (Å²) < 4.78 is 27.2. The van der Waals surface area contributed by atoms with Gasteiger partial charge in [-0.2, -0.15) is 0 Å². The summed E-state index contributed by atoms with van der Waals surface area (Å²) in [6.07, 6.45) is 1.93. The van der Waals surface area contributed by atoms with Gasteiger partial charge < -0.3 is 21.7 Å². The van der Waals surface area contributed by atoms with E-state index >= 15 is 0 Å². The number of carbonyl (C=O) groups excluding carboxylic acids is 2. The summed E-state index contributed by atoms with van der Waals surface area (Å²) in [5.74, 6) is -0.320. The number of anilines is 2. The number of nitrogens with two attached hydrogens (primary N) is 1. The van der Waals surface area contributed by atoms with Crippen LogP contribution in [0, 0.1) is 0 Å². The van der Waals surface area contributed by atoms with Crippen LogP contribution in [0.2, 0.25) is 0 Å². The number of benzene rings is 1. The van der Waals surface area contributed by atoms with E-state index in [9.17, 15) is 18.0 Å². The molecule has 154 valence electrons. The monoisotopic (exact) mass is 418 g/mol. The first kappa shape index (κ1) is 20.7. The summed E-state index contributed by atoms with van der Waals surface area (Å²) >= 11 is 0. The molecule has 2 atom stereocenters. The molecule has 0 aliphatic carbocycles. The van der Waals surface area contributed by atoms with Crippen molar-refractivity contribution in [1.29, 1.82) is 0 Å². The highest BCUT2D eigenvalue weighted by Gasteiger charge is 2.30. The first-order valence-electron chi connectivity index (χ1n) is 8.95. The summed E-state index contributed by atoms with van der Waals surface area (Å²) in [6.45, 7) is 0.373. The van der Waals surface area contributed by atoms with Gasteiger partial charge in [-0.05, 0) is 42.8 Å². The van der Waals surface area contributed by atoms with Crippen molar-refractivity contribution in [2.75, 3.05) is 23.1 Å². The molecule has 0 unspecified atom stereocenters. The lowest BCUT2D eigenvalue weighted by molar-refractivity contribution is -0.121. The molecule has 1 aromatic heterocycles. The van der Waals surface area contributed by atoms with Crippen LogP contribution in [-0.2, 0) is 19.6 Å². The second-order valence-electron chi connectivity index (χ2n) is 6.50. The number of nitrogens with one attached hydrogen (secondary N) is 4.